The number of carbonyl (C=O) groups is 1. The van der Waals surface area contributed by atoms with Crippen LogP contribution in [0.15, 0.2) is 36.7 Å². The maximum atomic E-state index is 11.0. The number of nitrogens with zero attached hydrogens (tertiary/aromatic N) is 2. The number of amides is 1. The van der Waals surface area contributed by atoms with Gasteiger partial charge in [-0.2, -0.15) is 5.10 Å². The SMILES string of the molecule is CNC(=O)COc1ccc(-n2cc(C)cn2)cc1. The molecule has 0 saturated carbocycles. The van der Waals surface area contributed by atoms with Crippen LogP contribution in [0.5, 0.6) is 5.75 Å². The first-order valence-electron chi connectivity index (χ1n) is 5.64. The predicted octanol–water partition coefficient (Wildman–Crippen LogP) is 1.31. The van der Waals surface area contributed by atoms with Crippen LogP contribution in [0.1, 0.15) is 5.56 Å². The maximum Gasteiger partial charge on any atom is 0.257 e. The standard InChI is InChI=1S/C13H15N3O2/c1-10-7-15-16(8-10)11-3-5-12(6-4-11)18-9-13(17)14-2/h3-8H,9H2,1-2H3,(H,14,17). The topological polar surface area (TPSA) is 56.1 Å². The van der Waals surface area contributed by atoms with Gasteiger partial charge in [-0.05, 0) is 36.8 Å². The number of ether oxygens (including phenoxy) is 1. The summed E-state index contributed by atoms with van der Waals surface area (Å²) in [6.07, 6.45) is 3.75. The van der Waals surface area contributed by atoms with Gasteiger partial charge in [0.1, 0.15) is 5.75 Å². The number of aromatic nitrogens is 2. The number of carbonyl (C=O) groups excluding carboxylic acids is 1. The minimum atomic E-state index is -0.151. The van der Waals surface area contributed by atoms with Gasteiger partial charge in [-0.25, -0.2) is 4.68 Å². The van der Waals surface area contributed by atoms with Crippen LogP contribution in [0.4, 0.5) is 0 Å². The lowest BCUT2D eigenvalue weighted by Crippen LogP contribution is -2.24. The van der Waals surface area contributed by atoms with Gasteiger partial charge in [0.05, 0.1) is 11.9 Å². The van der Waals surface area contributed by atoms with Crippen molar-refractivity contribution < 1.29 is 9.53 Å². The zero-order chi connectivity index (χ0) is 13.0. The summed E-state index contributed by atoms with van der Waals surface area (Å²) in [7, 11) is 1.58. The van der Waals surface area contributed by atoms with E-state index in [1.165, 1.54) is 0 Å². The number of benzene rings is 1. The van der Waals surface area contributed by atoms with Crippen molar-refractivity contribution in [3.05, 3.63) is 42.2 Å². The molecule has 5 heteroatoms. The average molecular weight is 245 g/mol. The molecule has 2 rings (SSSR count). The molecule has 1 aromatic heterocycles. The Morgan fingerprint density at radius 3 is 2.67 bits per heavy atom. The van der Waals surface area contributed by atoms with Gasteiger partial charge in [0, 0.05) is 13.2 Å². The number of rotatable bonds is 4. The Kier molecular flexibility index (Phi) is 3.62. The van der Waals surface area contributed by atoms with Crippen molar-refractivity contribution in [1.29, 1.82) is 0 Å². The van der Waals surface area contributed by atoms with E-state index >= 15 is 0 Å². The van der Waals surface area contributed by atoms with E-state index in [4.69, 9.17) is 4.74 Å². The third kappa shape index (κ3) is 2.88. The fourth-order valence-corrected chi connectivity index (χ4v) is 1.47. The second-order valence-corrected chi connectivity index (χ2v) is 3.92. The van der Waals surface area contributed by atoms with Gasteiger partial charge in [0.25, 0.3) is 5.91 Å². The Morgan fingerprint density at radius 2 is 2.11 bits per heavy atom. The average Bonchev–Trinajstić information content (AvgIpc) is 2.83. The summed E-state index contributed by atoms with van der Waals surface area (Å²) in [5.41, 5.74) is 2.06. The molecule has 94 valence electrons. The van der Waals surface area contributed by atoms with Gasteiger partial charge in [-0.15, -0.1) is 0 Å². The van der Waals surface area contributed by atoms with E-state index in [1.54, 1.807) is 17.9 Å². The number of likely N-dealkylation sites (N-methyl/N-ethyl adjacent to an activating group) is 1. The van der Waals surface area contributed by atoms with Gasteiger partial charge in [0.2, 0.25) is 0 Å². The van der Waals surface area contributed by atoms with Crippen LogP contribution >= 0.6 is 0 Å². The molecule has 0 spiro atoms. The Hall–Kier alpha value is -2.30. The number of aryl methyl sites for hydroxylation is 1. The molecule has 1 heterocycles. The van der Waals surface area contributed by atoms with E-state index in [1.807, 2.05) is 37.4 Å². The van der Waals surface area contributed by atoms with Gasteiger partial charge in [-0.1, -0.05) is 0 Å². The lowest BCUT2D eigenvalue weighted by atomic mass is 10.3. The number of hydrogen-bond donors (Lipinski definition) is 1. The Labute approximate surface area is 105 Å². The summed E-state index contributed by atoms with van der Waals surface area (Å²) in [5.74, 6) is 0.507. The summed E-state index contributed by atoms with van der Waals surface area (Å²) >= 11 is 0. The highest BCUT2D eigenvalue weighted by Crippen LogP contribution is 2.15. The molecule has 0 bridgehead atoms. The summed E-state index contributed by atoms with van der Waals surface area (Å²) in [5, 5.41) is 6.71. The molecule has 0 aliphatic heterocycles. The number of hydrogen-bond acceptors (Lipinski definition) is 3. The molecule has 0 unspecified atom stereocenters. The zero-order valence-corrected chi connectivity index (χ0v) is 10.4. The molecule has 0 aliphatic rings. The molecule has 0 atom stereocenters. The highest BCUT2D eigenvalue weighted by atomic mass is 16.5. The van der Waals surface area contributed by atoms with Crippen molar-refractivity contribution in [1.82, 2.24) is 15.1 Å². The van der Waals surface area contributed by atoms with Gasteiger partial charge >= 0.3 is 0 Å². The highest BCUT2D eigenvalue weighted by Gasteiger charge is 2.01. The van der Waals surface area contributed by atoms with Crippen molar-refractivity contribution in [3.63, 3.8) is 0 Å². The Bertz CT molecular complexity index is 531. The molecule has 0 saturated heterocycles. The van der Waals surface area contributed by atoms with Gasteiger partial charge in [0.15, 0.2) is 6.61 Å². The molecule has 0 fully saturated rings. The monoisotopic (exact) mass is 245 g/mol. The molecule has 18 heavy (non-hydrogen) atoms. The quantitative estimate of drug-likeness (QED) is 0.883. The van der Waals surface area contributed by atoms with Crippen molar-refractivity contribution in [2.75, 3.05) is 13.7 Å². The minimum absolute atomic E-state index is 0.0245. The Balaban J connectivity index is 2.03. The molecule has 1 aromatic carbocycles. The van der Waals surface area contributed by atoms with Crippen molar-refractivity contribution in [2.24, 2.45) is 0 Å². The van der Waals surface area contributed by atoms with Crippen LogP contribution < -0.4 is 10.1 Å². The van der Waals surface area contributed by atoms with Gasteiger partial charge < -0.3 is 10.1 Å². The van der Waals surface area contributed by atoms with E-state index in [2.05, 4.69) is 10.4 Å². The van der Waals surface area contributed by atoms with Crippen LogP contribution in [0.25, 0.3) is 5.69 Å². The smallest absolute Gasteiger partial charge is 0.257 e. The van der Waals surface area contributed by atoms with Crippen LogP contribution in [0.2, 0.25) is 0 Å². The van der Waals surface area contributed by atoms with Gasteiger partial charge in [-0.3, -0.25) is 4.79 Å². The van der Waals surface area contributed by atoms with E-state index in [-0.39, 0.29) is 12.5 Å². The van der Waals surface area contributed by atoms with Crippen molar-refractivity contribution in [3.8, 4) is 11.4 Å². The van der Waals surface area contributed by atoms with E-state index in [0.717, 1.165) is 11.3 Å². The molecule has 1 N–H and O–H groups in total. The summed E-state index contributed by atoms with van der Waals surface area (Å²) in [4.78, 5) is 11.0. The molecular formula is C13H15N3O2. The lowest BCUT2D eigenvalue weighted by Gasteiger charge is -2.06. The fraction of sp³-hybridized carbons (Fsp3) is 0.231. The second kappa shape index (κ2) is 5.35. The summed E-state index contributed by atoms with van der Waals surface area (Å²) < 4.78 is 7.10. The molecule has 2 aromatic rings. The molecule has 5 nitrogen and oxygen atoms in total. The highest BCUT2D eigenvalue weighted by molar-refractivity contribution is 5.77. The molecule has 1 amide bonds. The third-order valence-corrected chi connectivity index (χ3v) is 2.46. The summed E-state index contributed by atoms with van der Waals surface area (Å²) in [6.45, 7) is 2.01. The van der Waals surface area contributed by atoms with E-state index in [0.29, 0.717) is 5.75 Å². The minimum Gasteiger partial charge on any atom is -0.484 e. The third-order valence-electron chi connectivity index (χ3n) is 2.46. The van der Waals surface area contributed by atoms with Crippen molar-refractivity contribution in [2.45, 2.75) is 6.92 Å². The van der Waals surface area contributed by atoms with E-state index < -0.39 is 0 Å². The van der Waals surface area contributed by atoms with Crippen molar-refractivity contribution >= 4 is 5.91 Å². The first kappa shape index (κ1) is 12.2. The van der Waals surface area contributed by atoms with Crippen LogP contribution in [0.3, 0.4) is 0 Å². The second-order valence-electron chi connectivity index (χ2n) is 3.92. The first-order valence-corrected chi connectivity index (χ1v) is 5.64. The predicted molar refractivity (Wildman–Crippen MR) is 67.9 cm³/mol. The maximum absolute atomic E-state index is 11.0. The normalized spacial score (nSPS) is 10.1. The zero-order valence-electron chi connectivity index (χ0n) is 10.4. The molecular weight excluding hydrogens is 230 g/mol. The Morgan fingerprint density at radius 1 is 1.39 bits per heavy atom. The largest absolute Gasteiger partial charge is 0.484 e. The summed E-state index contributed by atoms with van der Waals surface area (Å²) in [6, 6.07) is 7.42. The molecule has 0 aliphatic carbocycles. The van der Waals surface area contributed by atoms with Crippen LogP contribution in [0, 0.1) is 6.92 Å². The molecule has 0 radical (unpaired) electrons. The number of nitrogens with one attached hydrogen (secondary N) is 1. The van der Waals surface area contributed by atoms with E-state index in [9.17, 15) is 4.79 Å². The van der Waals surface area contributed by atoms with Crippen LogP contribution in [-0.4, -0.2) is 29.3 Å². The fourth-order valence-electron chi connectivity index (χ4n) is 1.47. The lowest BCUT2D eigenvalue weighted by molar-refractivity contribution is -0.122. The van der Waals surface area contributed by atoms with Crippen LogP contribution in [-0.2, 0) is 4.79 Å². The first-order chi connectivity index (χ1) is 8.69.